The van der Waals surface area contributed by atoms with E-state index in [1.165, 1.54) is 51.4 Å². The Kier molecular flexibility index (Phi) is 54.0. The Morgan fingerprint density at radius 2 is 0.577 bits per heavy atom. The molecule has 0 heterocycles. The molecule has 0 saturated heterocycles. The van der Waals surface area contributed by atoms with Crippen LogP contribution >= 0.6 is 0 Å². The van der Waals surface area contributed by atoms with Crippen LogP contribution in [0.1, 0.15) is 226 Å². The molecule has 1 atom stereocenters. The molecule has 0 radical (unpaired) electrons. The van der Waals surface area contributed by atoms with Crippen molar-refractivity contribution >= 4 is 17.9 Å². The molecule has 0 unspecified atom stereocenters. The maximum Gasteiger partial charge on any atom is 0.306 e. The molecule has 0 aromatic carbocycles. The summed E-state index contributed by atoms with van der Waals surface area (Å²) in [5.74, 6) is -1.06. The molecule has 398 valence electrons. The lowest BCUT2D eigenvalue weighted by Gasteiger charge is -2.18. The Hall–Kier alpha value is -4.71. The zero-order valence-corrected chi connectivity index (χ0v) is 45.4. The van der Waals surface area contributed by atoms with Crippen LogP contribution in [0, 0.1) is 0 Å². The minimum absolute atomic E-state index is 0.129. The number of ether oxygens (including phenoxy) is 3. The van der Waals surface area contributed by atoms with Crippen LogP contribution < -0.4 is 0 Å². The first-order chi connectivity index (χ1) is 35.0. The largest absolute Gasteiger partial charge is 0.462 e. The molecule has 0 amide bonds. The van der Waals surface area contributed by atoms with E-state index < -0.39 is 12.1 Å². The molecular weight excluding hydrogens is 877 g/mol. The zero-order chi connectivity index (χ0) is 51.4. The van der Waals surface area contributed by atoms with E-state index in [4.69, 9.17) is 14.2 Å². The third-order valence-electron chi connectivity index (χ3n) is 11.3. The fourth-order valence-corrected chi connectivity index (χ4v) is 7.13. The number of esters is 3. The predicted octanol–water partition coefficient (Wildman–Crippen LogP) is 19.2. The first kappa shape index (κ1) is 66.3. The summed E-state index contributed by atoms with van der Waals surface area (Å²) in [6, 6.07) is 0. The van der Waals surface area contributed by atoms with Gasteiger partial charge in [-0.3, -0.25) is 14.4 Å². The fourth-order valence-electron chi connectivity index (χ4n) is 7.13. The average Bonchev–Trinajstić information content (AvgIpc) is 3.37. The van der Waals surface area contributed by atoms with Crippen molar-refractivity contribution in [3.05, 3.63) is 146 Å². The monoisotopic (exact) mass is 979 g/mol. The second-order valence-electron chi connectivity index (χ2n) is 18.1. The third kappa shape index (κ3) is 56.1. The normalized spacial score (nSPS) is 13.2. The van der Waals surface area contributed by atoms with Gasteiger partial charge in [-0.15, -0.1) is 0 Å². The van der Waals surface area contributed by atoms with Crippen molar-refractivity contribution < 1.29 is 28.6 Å². The standard InChI is InChI=1S/C65H102O6/c1-4-7-10-13-16-19-22-25-28-30-32-34-37-40-43-46-49-52-55-58-64(67)70-61-62(60-69-63(66)57-54-51-48-45-42-39-36-27-24-21-18-15-12-9-6-3)71-65(68)59-56-53-50-47-44-41-38-35-33-31-29-26-23-20-17-14-11-8-5-2/h7-8,10-11,16-17,19-20,25-29,32-36,40-41,43-44,50,53,62H,4-6,9,12-15,18,21-24,30-31,37-39,42,45-49,51-52,54-61H2,1-3H3/b10-7-,11-8-,19-16-,20-17-,28-25-,29-26-,34-32-,35-33-,36-27-,43-40-,44-41-,53-50-/t62-/m0/s1. The Morgan fingerprint density at radius 1 is 0.296 bits per heavy atom. The lowest BCUT2D eigenvalue weighted by atomic mass is 10.1. The summed E-state index contributed by atoms with van der Waals surface area (Å²) in [5.41, 5.74) is 0. The van der Waals surface area contributed by atoms with Crippen LogP contribution in [0.4, 0.5) is 0 Å². The Morgan fingerprint density at radius 3 is 0.944 bits per heavy atom. The molecule has 0 N–H and O–H groups in total. The van der Waals surface area contributed by atoms with E-state index in [2.05, 4.69) is 154 Å². The average molecular weight is 980 g/mol. The van der Waals surface area contributed by atoms with Crippen LogP contribution in [0.5, 0.6) is 0 Å². The molecule has 0 aromatic rings. The SMILES string of the molecule is CC/C=C\C/C=C\C/C=C\C/C=C\C/C=C\C/C=C\CCC(=O)O[C@H](COC(=O)CCCCC/C=C\C/C=C\C/C=C\C/C=C\C/C=C\CC)COC(=O)CCCCCCC/C=C\CCCCCCCC. The zero-order valence-electron chi connectivity index (χ0n) is 45.4. The van der Waals surface area contributed by atoms with Crippen LogP contribution in [0.15, 0.2) is 146 Å². The maximum absolute atomic E-state index is 12.8. The van der Waals surface area contributed by atoms with Gasteiger partial charge < -0.3 is 14.2 Å². The topological polar surface area (TPSA) is 78.9 Å². The van der Waals surface area contributed by atoms with E-state index in [0.29, 0.717) is 19.3 Å². The molecule has 0 aromatic heterocycles. The molecule has 71 heavy (non-hydrogen) atoms. The molecule has 0 saturated carbocycles. The second-order valence-corrected chi connectivity index (χ2v) is 18.1. The van der Waals surface area contributed by atoms with Gasteiger partial charge in [0.1, 0.15) is 13.2 Å². The minimum Gasteiger partial charge on any atom is -0.462 e. The van der Waals surface area contributed by atoms with E-state index in [-0.39, 0.29) is 31.6 Å². The lowest BCUT2D eigenvalue weighted by molar-refractivity contribution is -0.166. The number of allylic oxidation sites excluding steroid dienone is 24. The molecular formula is C65H102O6. The van der Waals surface area contributed by atoms with Crippen molar-refractivity contribution in [2.24, 2.45) is 0 Å². The Labute approximate surface area is 436 Å². The van der Waals surface area contributed by atoms with Gasteiger partial charge in [-0.25, -0.2) is 0 Å². The number of carbonyl (C=O) groups is 3. The van der Waals surface area contributed by atoms with Gasteiger partial charge in [0.2, 0.25) is 0 Å². The summed E-state index contributed by atoms with van der Waals surface area (Å²) >= 11 is 0. The van der Waals surface area contributed by atoms with E-state index in [9.17, 15) is 14.4 Å². The molecule has 6 heteroatoms. The van der Waals surface area contributed by atoms with E-state index in [1.807, 2.05) is 12.2 Å². The van der Waals surface area contributed by atoms with Crippen molar-refractivity contribution in [2.75, 3.05) is 13.2 Å². The number of hydrogen-bond donors (Lipinski definition) is 0. The quantitative estimate of drug-likeness (QED) is 0.0262. The molecule has 6 nitrogen and oxygen atoms in total. The highest BCUT2D eigenvalue weighted by Gasteiger charge is 2.19. The lowest BCUT2D eigenvalue weighted by Crippen LogP contribution is -2.30. The number of rotatable bonds is 49. The maximum atomic E-state index is 12.8. The Bertz CT molecular complexity index is 1590. The van der Waals surface area contributed by atoms with Crippen LogP contribution in [0.25, 0.3) is 0 Å². The summed E-state index contributed by atoms with van der Waals surface area (Å²) in [6.45, 7) is 6.29. The number of hydrogen-bond acceptors (Lipinski definition) is 6. The number of unbranched alkanes of at least 4 members (excludes halogenated alkanes) is 14. The van der Waals surface area contributed by atoms with Gasteiger partial charge in [0.05, 0.1) is 0 Å². The highest BCUT2D eigenvalue weighted by Crippen LogP contribution is 2.12. The summed E-state index contributed by atoms with van der Waals surface area (Å²) in [6.07, 6.45) is 82.7. The molecule has 0 aliphatic carbocycles. The molecule has 0 aliphatic rings. The van der Waals surface area contributed by atoms with E-state index in [0.717, 1.165) is 128 Å². The fraction of sp³-hybridized carbons (Fsp3) is 0.585. The van der Waals surface area contributed by atoms with Gasteiger partial charge in [-0.05, 0) is 128 Å². The van der Waals surface area contributed by atoms with Crippen molar-refractivity contribution in [2.45, 2.75) is 232 Å². The minimum atomic E-state index is -0.842. The van der Waals surface area contributed by atoms with Crippen LogP contribution in [-0.4, -0.2) is 37.2 Å². The Balaban J connectivity index is 4.61. The van der Waals surface area contributed by atoms with Gasteiger partial charge >= 0.3 is 17.9 Å². The summed E-state index contributed by atoms with van der Waals surface area (Å²) in [7, 11) is 0. The summed E-state index contributed by atoms with van der Waals surface area (Å²) < 4.78 is 16.7. The molecule has 0 fully saturated rings. The van der Waals surface area contributed by atoms with Crippen LogP contribution in [0.3, 0.4) is 0 Å². The first-order valence-corrected chi connectivity index (χ1v) is 28.3. The third-order valence-corrected chi connectivity index (χ3v) is 11.3. The van der Waals surface area contributed by atoms with Gasteiger partial charge in [0.15, 0.2) is 6.10 Å². The van der Waals surface area contributed by atoms with Crippen LogP contribution in [0.2, 0.25) is 0 Å². The van der Waals surface area contributed by atoms with Gasteiger partial charge in [0.25, 0.3) is 0 Å². The summed E-state index contributed by atoms with van der Waals surface area (Å²) in [5, 5.41) is 0. The van der Waals surface area contributed by atoms with E-state index >= 15 is 0 Å². The van der Waals surface area contributed by atoms with Crippen molar-refractivity contribution in [1.82, 2.24) is 0 Å². The first-order valence-electron chi connectivity index (χ1n) is 28.3. The van der Waals surface area contributed by atoms with E-state index in [1.54, 1.807) is 0 Å². The van der Waals surface area contributed by atoms with Crippen molar-refractivity contribution in [1.29, 1.82) is 0 Å². The highest BCUT2D eigenvalue weighted by atomic mass is 16.6. The predicted molar refractivity (Wildman–Crippen MR) is 306 cm³/mol. The smallest absolute Gasteiger partial charge is 0.306 e. The van der Waals surface area contributed by atoms with Crippen molar-refractivity contribution in [3.63, 3.8) is 0 Å². The van der Waals surface area contributed by atoms with Crippen molar-refractivity contribution in [3.8, 4) is 0 Å². The molecule has 0 aliphatic heterocycles. The van der Waals surface area contributed by atoms with Gasteiger partial charge in [-0.2, -0.15) is 0 Å². The van der Waals surface area contributed by atoms with Crippen LogP contribution in [-0.2, 0) is 28.6 Å². The molecule has 0 bridgehead atoms. The molecule has 0 spiro atoms. The molecule has 0 rings (SSSR count). The van der Waals surface area contributed by atoms with Gasteiger partial charge in [-0.1, -0.05) is 224 Å². The summed E-state index contributed by atoms with van der Waals surface area (Å²) in [4.78, 5) is 38.1. The van der Waals surface area contributed by atoms with Gasteiger partial charge in [0, 0.05) is 19.3 Å². The highest BCUT2D eigenvalue weighted by molar-refractivity contribution is 5.71. The number of carbonyl (C=O) groups excluding carboxylic acids is 3. The second kappa shape index (κ2) is 57.9.